The third-order valence-electron chi connectivity index (χ3n) is 4.28. The van der Waals surface area contributed by atoms with Crippen molar-refractivity contribution in [3.8, 4) is 11.4 Å². The minimum absolute atomic E-state index is 0.0775. The van der Waals surface area contributed by atoms with Crippen LogP contribution in [0.1, 0.15) is 23.9 Å². The van der Waals surface area contributed by atoms with Gasteiger partial charge in [0.25, 0.3) is 5.91 Å². The van der Waals surface area contributed by atoms with Crippen molar-refractivity contribution in [2.24, 2.45) is 5.10 Å². The molecule has 138 valence electrons. The standard InChI is InChI=1S/C22H23N3O2/c1-16-9-10-17(2)25(16)20-13-11-19(12-14-20)18(3)23-24-22(26)15-27-21-7-5-4-6-8-21/h4-14H,15H2,1-3H3,(H,24,26)/b23-18+. The van der Waals surface area contributed by atoms with Gasteiger partial charge in [0.2, 0.25) is 0 Å². The van der Waals surface area contributed by atoms with Crippen LogP contribution in [0, 0.1) is 13.8 Å². The first-order chi connectivity index (χ1) is 13.0. The SMILES string of the molecule is C/C(=N\NC(=O)COc1ccccc1)c1ccc(-n2c(C)ccc2C)cc1. The van der Waals surface area contributed by atoms with Crippen LogP contribution >= 0.6 is 0 Å². The Hall–Kier alpha value is -3.34. The molecule has 1 amide bonds. The molecule has 5 nitrogen and oxygen atoms in total. The smallest absolute Gasteiger partial charge is 0.277 e. The first-order valence-electron chi connectivity index (χ1n) is 8.81. The second-order valence-electron chi connectivity index (χ2n) is 6.33. The molecule has 0 aliphatic carbocycles. The van der Waals surface area contributed by atoms with E-state index in [2.05, 4.69) is 53.2 Å². The number of rotatable bonds is 6. The highest BCUT2D eigenvalue weighted by Gasteiger charge is 2.06. The maximum atomic E-state index is 11.9. The molecule has 1 aromatic heterocycles. The van der Waals surface area contributed by atoms with Gasteiger partial charge in [-0.3, -0.25) is 4.79 Å². The molecule has 0 fully saturated rings. The molecule has 0 radical (unpaired) electrons. The number of para-hydroxylation sites is 1. The van der Waals surface area contributed by atoms with E-state index in [0.717, 1.165) is 17.0 Å². The average Bonchev–Trinajstić information content (AvgIpc) is 3.03. The van der Waals surface area contributed by atoms with Crippen molar-refractivity contribution in [3.63, 3.8) is 0 Å². The first kappa shape index (κ1) is 18.5. The lowest BCUT2D eigenvalue weighted by atomic mass is 10.1. The lowest BCUT2D eigenvalue weighted by Crippen LogP contribution is -2.25. The van der Waals surface area contributed by atoms with Crippen LogP contribution in [0.25, 0.3) is 5.69 Å². The Labute approximate surface area is 159 Å². The molecule has 1 heterocycles. The molecule has 27 heavy (non-hydrogen) atoms. The van der Waals surface area contributed by atoms with Crippen LogP contribution in [0.15, 0.2) is 71.8 Å². The fourth-order valence-electron chi connectivity index (χ4n) is 2.84. The Morgan fingerprint density at radius 2 is 1.59 bits per heavy atom. The summed E-state index contributed by atoms with van der Waals surface area (Å²) in [6.45, 7) is 5.95. The van der Waals surface area contributed by atoms with E-state index in [-0.39, 0.29) is 12.5 Å². The van der Waals surface area contributed by atoms with Crippen molar-refractivity contribution in [1.82, 2.24) is 9.99 Å². The van der Waals surface area contributed by atoms with Gasteiger partial charge in [-0.05, 0) is 62.7 Å². The number of aromatic nitrogens is 1. The van der Waals surface area contributed by atoms with Crippen LogP contribution in [-0.2, 0) is 4.79 Å². The molecule has 5 heteroatoms. The number of aryl methyl sites for hydroxylation is 2. The molecule has 3 aromatic rings. The number of nitrogens with zero attached hydrogens (tertiary/aromatic N) is 2. The summed E-state index contributed by atoms with van der Waals surface area (Å²) in [5.41, 5.74) is 7.70. The fourth-order valence-corrected chi connectivity index (χ4v) is 2.84. The van der Waals surface area contributed by atoms with E-state index in [1.165, 1.54) is 11.4 Å². The number of hydrazone groups is 1. The van der Waals surface area contributed by atoms with Crippen molar-refractivity contribution in [1.29, 1.82) is 0 Å². The van der Waals surface area contributed by atoms with Gasteiger partial charge in [-0.25, -0.2) is 5.43 Å². The number of carbonyl (C=O) groups is 1. The number of hydrogen-bond donors (Lipinski definition) is 1. The quantitative estimate of drug-likeness (QED) is 0.533. The highest BCUT2D eigenvalue weighted by atomic mass is 16.5. The van der Waals surface area contributed by atoms with Crippen molar-refractivity contribution in [2.75, 3.05) is 6.61 Å². The summed E-state index contributed by atoms with van der Waals surface area (Å²) in [6.07, 6.45) is 0. The maximum Gasteiger partial charge on any atom is 0.277 e. The summed E-state index contributed by atoms with van der Waals surface area (Å²) < 4.78 is 7.59. The van der Waals surface area contributed by atoms with Crippen LogP contribution in [0.2, 0.25) is 0 Å². The number of ether oxygens (including phenoxy) is 1. The molecule has 3 rings (SSSR count). The molecular formula is C22H23N3O2. The van der Waals surface area contributed by atoms with Gasteiger partial charge in [0.1, 0.15) is 5.75 Å². The Morgan fingerprint density at radius 3 is 2.22 bits per heavy atom. The lowest BCUT2D eigenvalue weighted by Gasteiger charge is -2.10. The third-order valence-corrected chi connectivity index (χ3v) is 4.28. The molecule has 0 bridgehead atoms. The van der Waals surface area contributed by atoms with Crippen LogP contribution in [0.3, 0.4) is 0 Å². The summed E-state index contributed by atoms with van der Waals surface area (Å²) in [7, 11) is 0. The van der Waals surface area contributed by atoms with Gasteiger partial charge < -0.3 is 9.30 Å². The zero-order valence-corrected chi connectivity index (χ0v) is 15.8. The second kappa shape index (κ2) is 8.36. The van der Waals surface area contributed by atoms with E-state index in [0.29, 0.717) is 5.75 Å². The Balaban J connectivity index is 1.60. The Morgan fingerprint density at radius 1 is 0.963 bits per heavy atom. The van der Waals surface area contributed by atoms with Gasteiger partial charge in [0.05, 0.1) is 5.71 Å². The summed E-state index contributed by atoms with van der Waals surface area (Å²) in [4.78, 5) is 11.9. The maximum absolute atomic E-state index is 11.9. The summed E-state index contributed by atoms with van der Waals surface area (Å²) >= 11 is 0. The van der Waals surface area contributed by atoms with Crippen LogP contribution in [0.5, 0.6) is 5.75 Å². The van der Waals surface area contributed by atoms with Gasteiger partial charge >= 0.3 is 0 Å². The largest absolute Gasteiger partial charge is 0.484 e. The summed E-state index contributed by atoms with van der Waals surface area (Å²) in [5.74, 6) is 0.355. The molecule has 0 saturated carbocycles. The monoisotopic (exact) mass is 361 g/mol. The van der Waals surface area contributed by atoms with Crippen LogP contribution in [-0.4, -0.2) is 22.8 Å². The molecule has 0 aliphatic heterocycles. The second-order valence-corrected chi connectivity index (χ2v) is 6.33. The van der Waals surface area contributed by atoms with Crippen molar-refractivity contribution in [3.05, 3.63) is 83.7 Å². The number of amides is 1. The van der Waals surface area contributed by atoms with Gasteiger partial charge in [-0.2, -0.15) is 5.10 Å². The minimum Gasteiger partial charge on any atom is -0.484 e. The zero-order valence-electron chi connectivity index (χ0n) is 15.8. The van der Waals surface area contributed by atoms with Crippen molar-refractivity contribution in [2.45, 2.75) is 20.8 Å². The van der Waals surface area contributed by atoms with Gasteiger partial charge in [0, 0.05) is 17.1 Å². The Bertz CT molecular complexity index is 922. The molecule has 0 unspecified atom stereocenters. The summed E-state index contributed by atoms with van der Waals surface area (Å²) in [5, 5.41) is 4.16. The predicted octanol–water partition coefficient (Wildman–Crippen LogP) is 4.01. The van der Waals surface area contributed by atoms with E-state index < -0.39 is 0 Å². The number of carbonyl (C=O) groups excluding carboxylic acids is 1. The number of benzene rings is 2. The van der Waals surface area contributed by atoms with Gasteiger partial charge in [0.15, 0.2) is 6.61 Å². The number of nitrogens with one attached hydrogen (secondary N) is 1. The zero-order chi connectivity index (χ0) is 19.2. The van der Waals surface area contributed by atoms with Gasteiger partial charge in [-0.1, -0.05) is 30.3 Å². The van der Waals surface area contributed by atoms with E-state index in [1.807, 2.05) is 37.3 Å². The van der Waals surface area contributed by atoms with Crippen molar-refractivity contribution >= 4 is 11.6 Å². The lowest BCUT2D eigenvalue weighted by molar-refractivity contribution is -0.123. The average molecular weight is 361 g/mol. The van der Waals surface area contributed by atoms with E-state index in [9.17, 15) is 4.79 Å². The molecule has 0 aliphatic rings. The van der Waals surface area contributed by atoms with E-state index in [4.69, 9.17) is 4.74 Å². The highest BCUT2D eigenvalue weighted by molar-refractivity contribution is 5.99. The fraction of sp³-hybridized carbons (Fsp3) is 0.182. The Kier molecular flexibility index (Phi) is 5.71. The van der Waals surface area contributed by atoms with Gasteiger partial charge in [-0.15, -0.1) is 0 Å². The molecule has 0 atom stereocenters. The van der Waals surface area contributed by atoms with E-state index in [1.54, 1.807) is 12.1 Å². The molecule has 0 saturated heterocycles. The topological polar surface area (TPSA) is 55.6 Å². The molecular weight excluding hydrogens is 338 g/mol. The first-order valence-corrected chi connectivity index (χ1v) is 8.81. The normalized spacial score (nSPS) is 11.3. The minimum atomic E-state index is -0.298. The van der Waals surface area contributed by atoms with E-state index >= 15 is 0 Å². The number of hydrogen-bond acceptors (Lipinski definition) is 3. The van der Waals surface area contributed by atoms with Crippen LogP contribution in [0.4, 0.5) is 0 Å². The highest BCUT2D eigenvalue weighted by Crippen LogP contribution is 2.17. The third kappa shape index (κ3) is 4.64. The molecule has 2 aromatic carbocycles. The van der Waals surface area contributed by atoms with Crippen molar-refractivity contribution < 1.29 is 9.53 Å². The van der Waals surface area contributed by atoms with Crippen LogP contribution < -0.4 is 10.2 Å². The summed E-state index contributed by atoms with van der Waals surface area (Å²) in [6, 6.07) is 21.5. The molecule has 0 spiro atoms. The predicted molar refractivity (Wildman–Crippen MR) is 108 cm³/mol. The molecule has 1 N–H and O–H groups in total.